The molecule has 0 aliphatic rings. The molecule has 0 saturated carbocycles. The van der Waals surface area contributed by atoms with E-state index in [4.69, 9.17) is 4.42 Å². The lowest BCUT2D eigenvalue weighted by Gasteiger charge is -2.11. The number of furan rings is 1. The van der Waals surface area contributed by atoms with Crippen molar-refractivity contribution in [1.82, 2.24) is 0 Å². The Bertz CT molecular complexity index is 522. The maximum atomic E-state index is 13.5. The standard InChI is InChI=1S/C14H14BrFO/c1-8-4-11(5-9(2)14(8)16)13(15)12-6-10(3)17-7-12/h4-7,13H,1-3H3. The fourth-order valence-electron chi connectivity index (χ4n) is 1.91. The Hall–Kier alpha value is -1.09. The molecule has 2 aromatic rings. The summed E-state index contributed by atoms with van der Waals surface area (Å²) in [4.78, 5) is 0.0398. The van der Waals surface area contributed by atoms with Gasteiger partial charge in [0.2, 0.25) is 0 Å². The Morgan fingerprint density at radius 2 is 1.65 bits per heavy atom. The number of rotatable bonds is 2. The molecular weight excluding hydrogens is 283 g/mol. The van der Waals surface area contributed by atoms with Gasteiger partial charge in [0.05, 0.1) is 11.1 Å². The molecule has 1 atom stereocenters. The molecule has 0 aliphatic carbocycles. The van der Waals surface area contributed by atoms with Crippen LogP contribution in [0, 0.1) is 26.6 Å². The van der Waals surface area contributed by atoms with Crippen molar-refractivity contribution in [3.05, 3.63) is 58.3 Å². The van der Waals surface area contributed by atoms with Crippen molar-refractivity contribution in [2.45, 2.75) is 25.6 Å². The maximum Gasteiger partial charge on any atom is 0.129 e. The van der Waals surface area contributed by atoms with E-state index in [1.165, 1.54) is 0 Å². The van der Waals surface area contributed by atoms with Crippen molar-refractivity contribution in [3.63, 3.8) is 0 Å². The molecule has 1 aromatic carbocycles. The number of halogens is 2. The first-order valence-electron chi connectivity index (χ1n) is 5.45. The van der Waals surface area contributed by atoms with Gasteiger partial charge in [-0.3, -0.25) is 0 Å². The summed E-state index contributed by atoms with van der Waals surface area (Å²) in [5.74, 6) is 0.747. The van der Waals surface area contributed by atoms with Gasteiger partial charge >= 0.3 is 0 Å². The summed E-state index contributed by atoms with van der Waals surface area (Å²) in [6.45, 7) is 5.47. The zero-order valence-corrected chi connectivity index (χ0v) is 11.6. The van der Waals surface area contributed by atoms with Gasteiger partial charge in [-0.25, -0.2) is 4.39 Å². The highest BCUT2D eigenvalue weighted by molar-refractivity contribution is 9.09. The van der Waals surface area contributed by atoms with Gasteiger partial charge in [0.25, 0.3) is 0 Å². The van der Waals surface area contributed by atoms with Crippen LogP contribution in [0.25, 0.3) is 0 Å². The zero-order valence-electron chi connectivity index (χ0n) is 10.1. The molecular formula is C14H14BrFO. The second-order valence-electron chi connectivity index (χ2n) is 4.32. The minimum absolute atomic E-state index is 0.0398. The molecule has 0 bridgehead atoms. The lowest BCUT2D eigenvalue weighted by atomic mass is 10.0. The predicted octanol–water partition coefficient (Wildman–Crippen LogP) is 4.83. The van der Waals surface area contributed by atoms with Crippen molar-refractivity contribution in [3.8, 4) is 0 Å². The normalized spacial score (nSPS) is 12.8. The third kappa shape index (κ3) is 2.44. The Morgan fingerprint density at radius 1 is 1.06 bits per heavy atom. The Kier molecular flexibility index (Phi) is 3.38. The Morgan fingerprint density at radius 3 is 2.12 bits per heavy atom. The lowest BCUT2D eigenvalue weighted by molar-refractivity contribution is 0.532. The monoisotopic (exact) mass is 296 g/mol. The van der Waals surface area contributed by atoms with Crippen LogP contribution in [-0.2, 0) is 0 Å². The molecule has 90 valence electrons. The molecule has 1 nitrogen and oxygen atoms in total. The van der Waals surface area contributed by atoms with Crippen LogP contribution in [0.5, 0.6) is 0 Å². The highest BCUT2D eigenvalue weighted by Crippen LogP contribution is 2.33. The average molecular weight is 297 g/mol. The quantitative estimate of drug-likeness (QED) is 0.724. The van der Waals surface area contributed by atoms with E-state index in [1.807, 2.05) is 25.1 Å². The molecule has 0 saturated heterocycles. The van der Waals surface area contributed by atoms with Crippen LogP contribution < -0.4 is 0 Å². The fraction of sp³-hybridized carbons (Fsp3) is 0.286. The fourth-order valence-corrected chi connectivity index (χ4v) is 2.42. The van der Waals surface area contributed by atoms with E-state index in [0.29, 0.717) is 11.1 Å². The van der Waals surface area contributed by atoms with Crippen molar-refractivity contribution in [1.29, 1.82) is 0 Å². The van der Waals surface area contributed by atoms with Gasteiger partial charge in [0, 0.05) is 5.56 Å². The van der Waals surface area contributed by atoms with E-state index in [-0.39, 0.29) is 10.6 Å². The van der Waals surface area contributed by atoms with E-state index in [0.717, 1.165) is 16.9 Å². The van der Waals surface area contributed by atoms with Gasteiger partial charge in [-0.05, 0) is 43.5 Å². The highest BCUT2D eigenvalue weighted by atomic mass is 79.9. The number of alkyl halides is 1. The van der Waals surface area contributed by atoms with Crippen LogP contribution >= 0.6 is 15.9 Å². The van der Waals surface area contributed by atoms with Crippen LogP contribution in [0.2, 0.25) is 0 Å². The summed E-state index contributed by atoms with van der Waals surface area (Å²) < 4.78 is 18.8. The summed E-state index contributed by atoms with van der Waals surface area (Å²) in [5, 5.41) is 0. The zero-order chi connectivity index (χ0) is 12.6. The van der Waals surface area contributed by atoms with Crippen LogP contribution in [0.3, 0.4) is 0 Å². The molecule has 1 aromatic heterocycles. The summed E-state index contributed by atoms with van der Waals surface area (Å²) in [6.07, 6.45) is 1.72. The number of benzene rings is 1. The highest BCUT2D eigenvalue weighted by Gasteiger charge is 2.15. The van der Waals surface area contributed by atoms with Crippen LogP contribution in [0.1, 0.15) is 32.8 Å². The SMILES string of the molecule is Cc1cc(C(Br)c2cc(C)c(F)c(C)c2)co1. The minimum atomic E-state index is -0.128. The van der Waals surface area contributed by atoms with Gasteiger partial charge in [0.15, 0.2) is 0 Å². The molecule has 2 rings (SSSR count). The summed E-state index contributed by atoms with van der Waals surface area (Å²) >= 11 is 3.62. The van der Waals surface area contributed by atoms with E-state index in [2.05, 4.69) is 15.9 Å². The van der Waals surface area contributed by atoms with E-state index in [9.17, 15) is 4.39 Å². The van der Waals surface area contributed by atoms with E-state index >= 15 is 0 Å². The molecule has 3 heteroatoms. The molecule has 0 amide bonds. The number of hydrogen-bond donors (Lipinski definition) is 0. The van der Waals surface area contributed by atoms with Gasteiger partial charge < -0.3 is 4.42 Å². The smallest absolute Gasteiger partial charge is 0.129 e. The summed E-state index contributed by atoms with van der Waals surface area (Å²) in [5.41, 5.74) is 3.43. The third-order valence-electron chi connectivity index (χ3n) is 2.79. The predicted molar refractivity (Wildman–Crippen MR) is 70.1 cm³/mol. The average Bonchev–Trinajstić information content (AvgIpc) is 2.71. The van der Waals surface area contributed by atoms with Crippen molar-refractivity contribution in [2.24, 2.45) is 0 Å². The molecule has 1 unspecified atom stereocenters. The summed E-state index contributed by atoms with van der Waals surface area (Å²) in [6, 6.07) is 5.71. The third-order valence-corrected chi connectivity index (χ3v) is 3.85. The van der Waals surface area contributed by atoms with Gasteiger partial charge in [-0.1, -0.05) is 28.1 Å². The Labute approximate surface area is 109 Å². The second kappa shape index (κ2) is 4.65. The first-order chi connectivity index (χ1) is 7.99. The Balaban J connectivity index is 2.41. The van der Waals surface area contributed by atoms with Crippen LogP contribution in [-0.4, -0.2) is 0 Å². The topological polar surface area (TPSA) is 13.1 Å². The first kappa shape index (κ1) is 12.4. The van der Waals surface area contributed by atoms with E-state index in [1.54, 1.807) is 20.1 Å². The minimum Gasteiger partial charge on any atom is -0.469 e. The first-order valence-corrected chi connectivity index (χ1v) is 6.36. The van der Waals surface area contributed by atoms with Crippen molar-refractivity contribution >= 4 is 15.9 Å². The van der Waals surface area contributed by atoms with E-state index < -0.39 is 0 Å². The van der Waals surface area contributed by atoms with Crippen LogP contribution in [0.15, 0.2) is 28.9 Å². The second-order valence-corrected chi connectivity index (χ2v) is 5.24. The number of hydrogen-bond acceptors (Lipinski definition) is 1. The molecule has 0 aliphatic heterocycles. The number of aryl methyl sites for hydroxylation is 3. The molecule has 0 radical (unpaired) electrons. The molecule has 17 heavy (non-hydrogen) atoms. The molecule has 0 N–H and O–H groups in total. The van der Waals surface area contributed by atoms with Crippen LogP contribution in [0.4, 0.5) is 4.39 Å². The van der Waals surface area contributed by atoms with Crippen molar-refractivity contribution in [2.75, 3.05) is 0 Å². The lowest BCUT2D eigenvalue weighted by Crippen LogP contribution is -1.96. The largest absolute Gasteiger partial charge is 0.469 e. The molecule has 0 spiro atoms. The molecule has 1 heterocycles. The summed E-state index contributed by atoms with van der Waals surface area (Å²) in [7, 11) is 0. The van der Waals surface area contributed by atoms with Gasteiger partial charge in [0.1, 0.15) is 11.6 Å². The van der Waals surface area contributed by atoms with Gasteiger partial charge in [-0.2, -0.15) is 0 Å². The maximum absolute atomic E-state index is 13.5. The van der Waals surface area contributed by atoms with Gasteiger partial charge in [-0.15, -0.1) is 0 Å². The molecule has 0 fully saturated rings. The van der Waals surface area contributed by atoms with Crippen molar-refractivity contribution < 1.29 is 8.81 Å².